The van der Waals surface area contributed by atoms with Crippen LogP contribution in [0, 0.1) is 13.8 Å². The first kappa shape index (κ1) is 8.84. The molecule has 1 aromatic heterocycles. The summed E-state index contributed by atoms with van der Waals surface area (Å²) < 4.78 is 9.91. The van der Waals surface area contributed by atoms with Gasteiger partial charge in [-0.2, -0.15) is 0 Å². The standard InChI is InChI=1S/C9H12O3/c1-4-11-9(10)8-6(2)5-12-7(8)3/h5H,4H2,1-3H3. The number of esters is 1. The first-order valence-corrected chi connectivity index (χ1v) is 3.88. The van der Waals surface area contributed by atoms with Crippen LogP contribution in [0.2, 0.25) is 0 Å². The third-order valence-electron chi connectivity index (χ3n) is 1.64. The van der Waals surface area contributed by atoms with Crippen LogP contribution in [0.25, 0.3) is 0 Å². The molecule has 3 heteroatoms. The molecule has 12 heavy (non-hydrogen) atoms. The lowest BCUT2D eigenvalue weighted by Crippen LogP contribution is -2.06. The van der Waals surface area contributed by atoms with E-state index in [0.717, 1.165) is 5.56 Å². The fraction of sp³-hybridized carbons (Fsp3) is 0.444. The number of furan rings is 1. The Labute approximate surface area is 71.3 Å². The molecule has 0 spiro atoms. The molecular formula is C9H12O3. The molecule has 1 rings (SSSR count). The Kier molecular flexibility index (Phi) is 2.53. The Hall–Kier alpha value is -1.25. The van der Waals surface area contributed by atoms with Crippen LogP contribution in [0.15, 0.2) is 10.7 Å². The number of carbonyl (C=O) groups excluding carboxylic acids is 1. The molecule has 0 unspecified atom stereocenters. The van der Waals surface area contributed by atoms with Crippen molar-refractivity contribution in [2.75, 3.05) is 6.61 Å². The molecule has 66 valence electrons. The van der Waals surface area contributed by atoms with Crippen LogP contribution in [0.1, 0.15) is 28.6 Å². The average Bonchev–Trinajstić information content (AvgIpc) is 2.32. The third-order valence-corrected chi connectivity index (χ3v) is 1.64. The molecule has 0 aromatic carbocycles. The lowest BCUT2D eigenvalue weighted by Gasteiger charge is -1.99. The van der Waals surface area contributed by atoms with E-state index in [9.17, 15) is 4.79 Å². The number of ether oxygens (including phenoxy) is 1. The Morgan fingerprint density at radius 1 is 1.58 bits per heavy atom. The maximum atomic E-state index is 11.3. The van der Waals surface area contributed by atoms with Crippen LogP contribution in [-0.4, -0.2) is 12.6 Å². The van der Waals surface area contributed by atoms with Gasteiger partial charge in [0.25, 0.3) is 0 Å². The van der Waals surface area contributed by atoms with Crippen LogP contribution >= 0.6 is 0 Å². The molecule has 0 aliphatic rings. The van der Waals surface area contributed by atoms with E-state index in [4.69, 9.17) is 9.15 Å². The number of carbonyl (C=O) groups is 1. The van der Waals surface area contributed by atoms with Gasteiger partial charge in [0.1, 0.15) is 11.3 Å². The molecule has 0 saturated heterocycles. The first-order valence-electron chi connectivity index (χ1n) is 3.88. The lowest BCUT2D eigenvalue weighted by atomic mass is 10.2. The maximum absolute atomic E-state index is 11.3. The first-order chi connectivity index (χ1) is 5.66. The molecule has 0 atom stereocenters. The zero-order chi connectivity index (χ0) is 9.14. The summed E-state index contributed by atoms with van der Waals surface area (Å²) in [6.07, 6.45) is 1.56. The van der Waals surface area contributed by atoms with Crippen molar-refractivity contribution in [3.8, 4) is 0 Å². The molecule has 1 heterocycles. The minimum atomic E-state index is -0.304. The highest BCUT2D eigenvalue weighted by Crippen LogP contribution is 2.16. The Morgan fingerprint density at radius 2 is 2.25 bits per heavy atom. The van der Waals surface area contributed by atoms with Crippen molar-refractivity contribution in [1.82, 2.24) is 0 Å². The van der Waals surface area contributed by atoms with Crippen molar-refractivity contribution in [2.45, 2.75) is 20.8 Å². The van der Waals surface area contributed by atoms with E-state index >= 15 is 0 Å². The number of rotatable bonds is 2. The van der Waals surface area contributed by atoms with Gasteiger partial charge in [0.15, 0.2) is 0 Å². The Bertz CT molecular complexity index is 266. The van der Waals surface area contributed by atoms with Crippen LogP contribution in [0.4, 0.5) is 0 Å². The van der Waals surface area contributed by atoms with Gasteiger partial charge in [-0.3, -0.25) is 0 Å². The van der Waals surface area contributed by atoms with Crippen LogP contribution in [0.5, 0.6) is 0 Å². The van der Waals surface area contributed by atoms with Crippen molar-refractivity contribution < 1.29 is 13.9 Å². The fourth-order valence-corrected chi connectivity index (χ4v) is 1.08. The second-order valence-electron chi connectivity index (χ2n) is 2.57. The third kappa shape index (κ3) is 1.49. The van der Waals surface area contributed by atoms with Crippen molar-refractivity contribution in [3.05, 3.63) is 23.2 Å². The quantitative estimate of drug-likeness (QED) is 0.634. The minimum Gasteiger partial charge on any atom is -0.468 e. The molecule has 0 bridgehead atoms. The maximum Gasteiger partial charge on any atom is 0.341 e. The predicted octanol–water partition coefficient (Wildman–Crippen LogP) is 2.07. The molecule has 3 nitrogen and oxygen atoms in total. The molecule has 0 radical (unpaired) electrons. The SMILES string of the molecule is CCOC(=O)c1c(C)coc1C. The number of hydrogen-bond acceptors (Lipinski definition) is 3. The Balaban J connectivity index is 2.93. The topological polar surface area (TPSA) is 39.4 Å². The summed E-state index contributed by atoms with van der Waals surface area (Å²) in [5.74, 6) is 0.312. The normalized spacial score (nSPS) is 9.92. The van der Waals surface area contributed by atoms with Gasteiger partial charge in [0.2, 0.25) is 0 Å². The molecule has 1 aromatic rings. The summed E-state index contributed by atoms with van der Waals surface area (Å²) in [4.78, 5) is 11.3. The average molecular weight is 168 g/mol. The summed E-state index contributed by atoms with van der Waals surface area (Å²) in [5, 5.41) is 0. The minimum absolute atomic E-state index is 0.304. The molecule has 0 saturated carbocycles. The highest BCUT2D eigenvalue weighted by Gasteiger charge is 2.15. The summed E-state index contributed by atoms with van der Waals surface area (Å²) >= 11 is 0. The second-order valence-corrected chi connectivity index (χ2v) is 2.57. The van der Waals surface area contributed by atoms with E-state index in [1.54, 1.807) is 20.1 Å². The highest BCUT2D eigenvalue weighted by molar-refractivity contribution is 5.91. The van der Waals surface area contributed by atoms with Gasteiger partial charge >= 0.3 is 5.97 Å². The lowest BCUT2D eigenvalue weighted by molar-refractivity contribution is 0.0523. The predicted molar refractivity (Wildman–Crippen MR) is 44.1 cm³/mol. The largest absolute Gasteiger partial charge is 0.468 e. The molecule has 0 amide bonds. The number of aryl methyl sites for hydroxylation is 2. The van der Waals surface area contributed by atoms with Crippen molar-refractivity contribution in [3.63, 3.8) is 0 Å². The van der Waals surface area contributed by atoms with Gasteiger partial charge in [0, 0.05) is 5.56 Å². The van der Waals surface area contributed by atoms with Crippen LogP contribution < -0.4 is 0 Å². The number of hydrogen-bond donors (Lipinski definition) is 0. The zero-order valence-electron chi connectivity index (χ0n) is 7.51. The summed E-state index contributed by atoms with van der Waals surface area (Å²) in [7, 11) is 0. The Morgan fingerprint density at radius 3 is 2.67 bits per heavy atom. The van der Waals surface area contributed by atoms with Crippen molar-refractivity contribution in [2.24, 2.45) is 0 Å². The molecular weight excluding hydrogens is 156 g/mol. The monoisotopic (exact) mass is 168 g/mol. The van der Waals surface area contributed by atoms with E-state index in [0.29, 0.717) is 17.9 Å². The van der Waals surface area contributed by atoms with E-state index in [1.165, 1.54) is 0 Å². The van der Waals surface area contributed by atoms with Gasteiger partial charge < -0.3 is 9.15 Å². The molecule has 0 fully saturated rings. The van der Waals surface area contributed by atoms with E-state index in [2.05, 4.69) is 0 Å². The fourth-order valence-electron chi connectivity index (χ4n) is 1.08. The zero-order valence-corrected chi connectivity index (χ0v) is 7.51. The summed E-state index contributed by atoms with van der Waals surface area (Å²) in [6, 6.07) is 0. The second kappa shape index (κ2) is 3.43. The van der Waals surface area contributed by atoms with E-state index in [1.807, 2.05) is 6.92 Å². The van der Waals surface area contributed by atoms with E-state index in [-0.39, 0.29) is 5.97 Å². The van der Waals surface area contributed by atoms with Gasteiger partial charge in [-0.15, -0.1) is 0 Å². The van der Waals surface area contributed by atoms with Gasteiger partial charge in [0.05, 0.1) is 12.9 Å². The molecule has 0 aliphatic heterocycles. The van der Waals surface area contributed by atoms with E-state index < -0.39 is 0 Å². The van der Waals surface area contributed by atoms with Crippen LogP contribution in [0.3, 0.4) is 0 Å². The summed E-state index contributed by atoms with van der Waals surface area (Å²) in [6.45, 7) is 5.74. The summed E-state index contributed by atoms with van der Waals surface area (Å²) in [5.41, 5.74) is 1.38. The molecule has 0 N–H and O–H groups in total. The van der Waals surface area contributed by atoms with Gasteiger partial charge in [-0.1, -0.05) is 0 Å². The van der Waals surface area contributed by atoms with Crippen LogP contribution in [-0.2, 0) is 4.74 Å². The highest BCUT2D eigenvalue weighted by atomic mass is 16.5. The van der Waals surface area contributed by atoms with Crippen molar-refractivity contribution in [1.29, 1.82) is 0 Å². The van der Waals surface area contributed by atoms with Crippen molar-refractivity contribution >= 4 is 5.97 Å². The molecule has 0 aliphatic carbocycles. The van der Waals surface area contributed by atoms with Gasteiger partial charge in [-0.25, -0.2) is 4.79 Å². The van der Waals surface area contributed by atoms with Gasteiger partial charge in [-0.05, 0) is 20.8 Å². The smallest absolute Gasteiger partial charge is 0.341 e.